The van der Waals surface area contributed by atoms with E-state index in [2.05, 4.69) is 20.5 Å². The Bertz CT molecular complexity index is 484. The summed E-state index contributed by atoms with van der Waals surface area (Å²) in [5, 5.41) is 5.94. The molecule has 1 aliphatic heterocycles. The van der Waals surface area contributed by atoms with Crippen molar-refractivity contribution in [3.63, 3.8) is 0 Å². The first-order valence-corrected chi connectivity index (χ1v) is 7.89. The molecule has 0 atom stereocenters. The van der Waals surface area contributed by atoms with E-state index in [-0.39, 0.29) is 17.9 Å². The number of piperidine rings is 1. The van der Waals surface area contributed by atoms with Gasteiger partial charge < -0.3 is 10.6 Å². The monoisotopic (exact) mass is 304 g/mol. The Kier molecular flexibility index (Phi) is 6.33. The summed E-state index contributed by atoms with van der Waals surface area (Å²) in [6.07, 6.45) is 5.93. The highest BCUT2D eigenvalue weighted by molar-refractivity contribution is 5.94. The fourth-order valence-corrected chi connectivity index (χ4v) is 2.53. The lowest BCUT2D eigenvalue weighted by molar-refractivity contribution is -0.122. The molecule has 1 aliphatic rings. The highest BCUT2D eigenvalue weighted by atomic mass is 16.2. The first-order chi connectivity index (χ1) is 10.7. The standard InChI is InChI=1S/C16H24N4O2/c1-2-7-18-15(21)12-20-10-5-14(6-11-20)19-16(22)13-3-8-17-9-4-13/h3-4,8-9,14H,2,5-7,10-12H2,1H3,(H,18,21)(H,19,22). The zero-order valence-electron chi connectivity index (χ0n) is 13.0. The Hall–Kier alpha value is -1.95. The van der Waals surface area contributed by atoms with Crippen LogP contribution in [-0.4, -0.2) is 53.9 Å². The average molecular weight is 304 g/mol. The Balaban J connectivity index is 1.71. The molecular weight excluding hydrogens is 280 g/mol. The summed E-state index contributed by atoms with van der Waals surface area (Å²) < 4.78 is 0. The molecule has 2 rings (SSSR count). The smallest absolute Gasteiger partial charge is 0.251 e. The van der Waals surface area contributed by atoms with E-state index in [0.29, 0.717) is 12.1 Å². The number of pyridine rings is 1. The number of aromatic nitrogens is 1. The summed E-state index contributed by atoms with van der Waals surface area (Å²) in [6, 6.07) is 3.60. The molecule has 2 N–H and O–H groups in total. The van der Waals surface area contributed by atoms with Crippen LogP contribution in [0.1, 0.15) is 36.5 Å². The van der Waals surface area contributed by atoms with Gasteiger partial charge in [0.1, 0.15) is 0 Å². The zero-order valence-corrected chi connectivity index (χ0v) is 13.0. The van der Waals surface area contributed by atoms with Crippen LogP contribution < -0.4 is 10.6 Å². The molecule has 2 heterocycles. The molecule has 0 unspecified atom stereocenters. The van der Waals surface area contributed by atoms with Crippen molar-refractivity contribution < 1.29 is 9.59 Å². The van der Waals surface area contributed by atoms with Gasteiger partial charge in [-0.25, -0.2) is 0 Å². The molecule has 0 radical (unpaired) electrons. The molecule has 1 aromatic rings. The number of rotatable bonds is 6. The maximum Gasteiger partial charge on any atom is 0.251 e. The first kappa shape index (κ1) is 16.4. The SMILES string of the molecule is CCCNC(=O)CN1CCC(NC(=O)c2ccncc2)CC1. The molecule has 1 fully saturated rings. The highest BCUT2D eigenvalue weighted by Gasteiger charge is 2.22. The fraction of sp³-hybridized carbons (Fsp3) is 0.562. The number of likely N-dealkylation sites (tertiary alicyclic amines) is 1. The summed E-state index contributed by atoms with van der Waals surface area (Å²) in [5.74, 6) is 0.0302. The molecule has 1 saturated heterocycles. The summed E-state index contributed by atoms with van der Waals surface area (Å²) in [7, 11) is 0. The van der Waals surface area contributed by atoms with Crippen molar-refractivity contribution >= 4 is 11.8 Å². The van der Waals surface area contributed by atoms with E-state index >= 15 is 0 Å². The molecule has 120 valence electrons. The van der Waals surface area contributed by atoms with E-state index in [0.717, 1.165) is 38.9 Å². The third kappa shape index (κ3) is 5.11. The van der Waals surface area contributed by atoms with Gasteiger partial charge in [-0.2, -0.15) is 0 Å². The van der Waals surface area contributed by atoms with Crippen LogP contribution in [0.2, 0.25) is 0 Å². The largest absolute Gasteiger partial charge is 0.355 e. The van der Waals surface area contributed by atoms with Crippen molar-refractivity contribution in [2.45, 2.75) is 32.2 Å². The Labute approximate surface area is 131 Å². The van der Waals surface area contributed by atoms with E-state index in [9.17, 15) is 9.59 Å². The number of nitrogens with zero attached hydrogens (tertiary/aromatic N) is 2. The van der Waals surface area contributed by atoms with E-state index in [1.54, 1.807) is 24.5 Å². The minimum atomic E-state index is -0.0541. The first-order valence-electron chi connectivity index (χ1n) is 7.89. The van der Waals surface area contributed by atoms with Gasteiger partial charge in [0.15, 0.2) is 0 Å². The molecule has 6 heteroatoms. The van der Waals surface area contributed by atoms with Crippen molar-refractivity contribution in [3.8, 4) is 0 Å². The number of hydrogen-bond donors (Lipinski definition) is 2. The van der Waals surface area contributed by atoms with E-state index in [4.69, 9.17) is 0 Å². The molecule has 6 nitrogen and oxygen atoms in total. The number of carbonyl (C=O) groups excluding carboxylic acids is 2. The van der Waals surface area contributed by atoms with E-state index in [1.807, 2.05) is 6.92 Å². The van der Waals surface area contributed by atoms with Gasteiger partial charge in [-0.3, -0.25) is 19.5 Å². The summed E-state index contributed by atoms with van der Waals surface area (Å²) >= 11 is 0. The summed E-state index contributed by atoms with van der Waals surface area (Å²) in [4.78, 5) is 29.8. The van der Waals surface area contributed by atoms with Crippen molar-refractivity contribution in [3.05, 3.63) is 30.1 Å². The van der Waals surface area contributed by atoms with Crippen LogP contribution in [0.3, 0.4) is 0 Å². The van der Waals surface area contributed by atoms with Gasteiger partial charge in [0, 0.05) is 43.6 Å². The highest BCUT2D eigenvalue weighted by Crippen LogP contribution is 2.11. The van der Waals surface area contributed by atoms with Crippen molar-refractivity contribution in [2.24, 2.45) is 0 Å². The van der Waals surface area contributed by atoms with Gasteiger partial charge >= 0.3 is 0 Å². The maximum atomic E-state index is 12.1. The average Bonchev–Trinajstić information content (AvgIpc) is 2.55. The molecular formula is C16H24N4O2. The van der Waals surface area contributed by atoms with Crippen LogP contribution in [-0.2, 0) is 4.79 Å². The normalized spacial score (nSPS) is 16.2. The van der Waals surface area contributed by atoms with Gasteiger partial charge in [-0.15, -0.1) is 0 Å². The lowest BCUT2D eigenvalue weighted by atomic mass is 10.0. The predicted molar refractivity (Wildman–Crippen MR) is 84.5 cm³/mol. The van der Waals surface area contributed by atoms with Crippen LogP contribution in [0.5, 0.6) is 0 Å². The Morgan fingerprint density at radius 2 is 1.95 bits per heavy atom. The second-order valence-corrected chi connectivity index (χ2v) is 5.61. The molecule has 2 amide bonds. The Morgan fingerprint density at radius 3 is 2.59 bits per heavy atom. The van der Waals surface area contributed by atoms with Gasteiger partial charge in [0.25, 0.3) is 5.91 Å². The molecule has 0 spiro atoms. The molecule has 0 saturated carbocycles. The Morgan fingerprint density at radius 1 is 1.27 bits per heavy atom. The predicted octanol–water partition coefficient (Wildman–Crippen LogP) is 0.802. The lowest BCUT2D eigenvalue weighted by Crippen LogP contribution is -2.47. The van der Waals surface area contributed by atoms with Crippen LogP contribution in [0.25, 0.3) is 0 Å². The van der Waals surface area contributed by atoms with Crippen LogP contribution in [0, 0.1) is 0 Å². The van der Waals surface area contributed by atoms with Gasteiger partial charge in [-0.05, 0) is 31.4 Å². The fourth-order valence-electron chi connectivity index (χ4n) is 2.53. The van der Waals surface area contributed by atoms with Crippen LogP contribution in [0.4, 0.5) is 0 Å². The lowest BCUT2D eigenvalue weighted by Gasteiger charge is -2.31. The maximum absolute atomic E-state index is 12.1. The van der Waals surface area contributed by atoms with Crippen molar-refractivity contribution in [1.82, 2.24) is 20.5 Å². The quantitative estimate of drug-likeness (QED) is 0.815. The van der Waals surface area contributed by atoms with Gasteiger partial charge in [0.2, 0.25) is 5.91 Å². The third-order valence-electron chi connectivity index (χ3n) is 3.80. The van der Waals surface area contributed by atoms with Gasteiger partial charge in [-0.1, -0.05) is 6.92 Å². The van der Waals surface area contributed by atoms with E-state index < -0.39 is 0 Å². The minimum Gasteiger partial charge on any atom is -0.355 e. The zero-order chi connectivity index (χ0) is 15.8. The molecule has 1 aromatic heterocycles. The number of hydrogen-bond acceptors (Lipinski definition) is 4. The number of amides is 2. The van der Waals surface area contributed by atoms with Crippen LogP contribution in [0.15, 0.2) is 24.5 Å². The molecule has 22 heavy (non-hydrogen) atoms. The number of nitrogens with one attached hydrogen (secondary N) is 2. The molecule has 0 aromatic carbocycles. The molecule has 0 aliphatic carbocycles. The van der Waals surface area contributed by atoms with E-state index in [1.165, 1.54) is 0 Å². The van der Waals surface area contributed by atoms with Gasteiger partial charge in [0.05, 0.1) is 6.54 Å². The second-order valence-electron chi connectivity index (χ2n) is 5.61. The summed E-state index contributed by atoms with van der Waals surface area (Å²) in [6.45, 7) is 4.89. The number of carbonyl (C=O) groups is 2. The molecule has 0 bridgehead atoms. The van der Waals surface area contributed by atoms with Crippen LogP contribution >= 0.6 is 0 Å². The minimum absolute atomic E-state index is 0.0541. The topological polar surface area (TPSA) is 74.3 Å². The van der Waals surface area contributed by atoms with Crippen molar-refractivity contribution in [1.29, 1.82) is 0 Å². The third-order valence-corrected chi connectivity index (χ3v) is 3.80. The summed E-state index contributed by atoms with van der Waals surface area (Å²) in [5.41, 5.74) is 0.636. The second kappa shape index (κ2) is 8.48. The van der Waals surface area contributed by atoms with Crippen molar-refractivity contribution in [2.75, 3.05) is 26.2 Å².